The third-order valence-corrected chi connectivity index (χ3v) is 5.41. The summed E-state index contributed by atoms with van der Waals surface area (Å²) < 4.78 is 1.69. The van der Waals surface area contributed by atoms with E-state index in [-0.39, 0.29) is 18.2 Å². The van der Waals surface area contributed by atoms with Gasteiger partial charge in [-0.3, -0.25) is 14.4 Å². The number of fused-ring (bicyclic) bond motifs is 1. The van der Waals surface area contributed by atoms with Gasteiger partial charge in [-0.2, -0.15) is 0 Å². The first-order valence-corrected chi connectivity index (χ1v) is 10.3. The fourth-order valence-electron chi connectivity index (χ4n) is 3.43. The number of amides is 2. The zero-order valence-electron chi connectivity index (χ0n) is 18.6. The number of hydrogen-bond acceptors (Lipinski definition) is 5. The van der Waals surface area contributed by atoms with Gasteiger partial charge < -0.3 is 15.2 Å². The minimum absolute atomic E-state index is 0.0828. The summed E-state index contributed by atoms with van der Waals surface area (Å²) in [5.74, 6) is -2.88. The second kappa shape index (κ2) is 10.2. The number of rotatable bonds is 10. The van der Waals surface area contributed by atoms with Crippen molar-refractivity contribution in [3.05, 3.63) is 29.6 Å². The lowest BCUT2D eigenvalue weighted by Crippen LogP contribution is -2.46. The number of imidazole rings is 1. The molecule has 0 saturated heterocycles. The minimum atomic E-state index is -1.19. The zero-order chi connectivity index (χ0) is 23.3. The van der Waals surface area contributed by atoms with Crippen LogP contribution in [0.2, 0.25) is 0 Å². The Balaban J connectivity index is 2.24. The predicted octanol–water partition coefficient (Wildman–Crippen LogP) is 1.96. The van der Waals surface area contributed by atoms with Gasteiger partial charge in [0.15, 0.2) is 0 Å². The average molecular weight is 431 g/mol. The van der Waals surface area contributed by atoms with Crippen molar-refractivity contribution in [2.75, 3.05) is 11.6 Å². The Hall–Kier alpha value is -3.23. The van der Waals surface area contributed by atoms with E-state index in [0.29, 0.717) is 12.8 Å². The highest BCUT2D eigenvalue weighted by Gasteiger charge is 2.30. The van der Waals surface area contributed by atoms with Gasteiger partial charge in [0.1, 0.15) is 12.6 Å². The molecule has 1 aromatic heterocycles. The maximum Gasteiger partial charge on any atom is 0.305 e. The Kier molecular flexibility index (Phi) is 7.90. The Morgan fingerprint density at radius 3 is 2.39 bits per heavy atom. The molecule has 2 amide bonds. The van der Waals surface area contributed by atoms with Crippen LogP contribution in [0, 0.1) is 25.7 Å². The number of aldehydes is 1. The van der Waals surface area contributed by atoms with Crippen molar-refractivity contribution < 1.29 is 24.3 Å². The fourth-order valence-corrected chi connectivity index (χ4v) is 3.43. The van der Waals surface area contributed by atoms with Crippen LogP contribution in [0.3, 0.4) is 0 Å². The molecule has 0 spiro atoms. The number of hydrogen-bond donors (Lipinski definition) is 2. The summed E-state index contributed by atoms with van der Waals surface area (Å²) in [6.45, 7) is 9.81. The number of carbonyl (C=O) groups is 4. The monoisotopic (exact) mass is 430 g/mol. The largest absolute Gasteiger partial charge is 0.481 e. The lowest BCUT2D eigenvalue weighted by Gasteiger charge is -2.27. The molecule has 0 aliphatic rings. The van der Waals surface area contributed by atoms with Crippen LogP contribution in [-0.2, 0) is 19.2 Å². The lowest BCUT2D eigenvalue weighted by atomic mass is 9.90. The second-order valence-corrected chi connectivity index (χ2v) is 8.03. The van der Waals surface area contributed by atoms with Crippen molar-refractivity contribution >= 4 is 35.1 Å². The molecule has 1 heterocycles. The molecular formula is C22H30N4O5. The van der Waals surface area contributed by atoms with Gasteiger partial charge in [-0.1, -0.05) is 13.8 Å². The number of carbonyl (C=O) groups excluding carboxylic acids is 3. The van der Waals surface area contributed by atoms with E-state index in [1.807, 2.05) is 32.9 Å². The fraction of sp³-hybridized carbons (Fsp3) is 0.500. The Morgan fingerprint density at radius 1 is 1.19 bits per heavy atom. The Morgan fingerprint density at radius 2 is 1.84 bits per heavy atom. The molecular weight excluding hydrogens is 400 g/mol. The lowest BCUT2D eigenvalue weighted by molar-refractivity contribution is -0.139. The van der Waals surface area contributed by atoms with Gasteiger partial charge in [0.05, 0.1) is 23.5 Å². The molecule has 0 fully saturated rings. The molecule has 2 atom stereocenters. The number of aryl methyl sites for hydroxylation is 2. The van der Waals surface area contributed by atoms with Gasteiger partial charge in [0.2, 0.25) is 11.8 Å². The summed E-state index contributed by atoms with van der Waals surface area (Å²) in [5, 5.41) is 12.8. The molecule has 2 unspecified atom stereocenters. The summed E-state index contributed by atoms with van der Waals surface area (Å²) in [6.07, 6.45) is 1.39. The van der Waals surface area contributed by atoms with E-state index < -0.39 is 30.3 Å². The average Bonchev–Trinajstić information content (AvgIpc) is 3.08. The van der Waals surface area contributed by atoms with E-state index in [1.165, 1.54) is 5.01 Å². The third kappa shape index (κ3) is 5.68. The standard InChI is InChI=1S/C22H30N4O5/c1-6-25(26-12-23-18-7-14(4)15(5)8-19(18)26)20(28)10-17(13(2)3)22(31)24-16(11-27)9-21(29)30/h7-8,11-13,16-17H,6,9-10H2,1-5H3,(H,24,31)(H,29,30). The molecule has 0 bridgehead atoms. The van der Waals surface area contributed by atoms with Crippen molar-refractivity contribution in [1.82, 2.24) is 15.0 Å². The molecule has 2 rings (SSSR count). The molecule has 2 aromatic rings. The first kappa shape index (κ1) is 24.0. The van der Waals surface area contributed by atoms with Crippen LogP contribution >= 0.6 is 0 Å². The smallest absolute Gasteiger partial charge is 0.305 e. The van der Waals surface area contributed by atoms with E-state index in [4.69, 9.17) is 5.11 Å². The van der Waals surface area contributed by atoms with Gasteiger partial charge in [0, 0.05) is 18.9 Å². The van der Waals surface area contributed by atoms with Crippen LogP contribution in [-0.4, -0.2) is 51.4 Å². The summed E-state index contributed by atoms with van der Waals surface area (Å²) in [5.41, 5.74) is 3.76. The van der Waals surface area contributed by atoms with Crippen molar-refractivity contribution in [2.24, 2.45) is 11.8 Å². The van der Waals surface area contributed by atoms with Gasteiger partial charge >= 0.3 is 5.97 Å². The molecule has 0 saturated carbocycles. The molecule has 9 nitrogen and oxygen atoms in total. The molecule has 0 radical (unpaired) electrons. The van der Waals surface area contributed by atoms with Gasteiger partial charge in [-0.25, -0.2) is 14.7 Å². The molecule has 0 aliphatic carbocycles. The number of nitrogens with one attached hydrogen (secondary N) is 1. The van der Waals surface area contributed by atoms with Crippen LogP contribution in [0.15, 0.2) is 18.5 Å². The van der Waals surface area contributed by atoms with Gasteiger partial charge in [-0.15, -0.1) is 0 Å². The minimum Gasteiger partial charge on any atom is -0.481 e. The van der Waals surface area contributed by atoms with Gasteiger partial charge in [-0.05, 0) is 49.9 Å². The van der Waals surface area contributed by atoms with Crippen LogP contribution in [0.1, 0.15) is 44.7 Å². The molecule has 1 aromatic carbocycles. The molecule has 31 heavy (non-hydrogen) atoms. The Labute approximate surface area is 181 Å². The van der Waals surface area contributed by atoms with E-state index >= 15 is 0 Å². The van der Waals surface area contributed by atoms with Gasteiger partial charge in [0.25, 0.3) is 0 Å². The van der Waals surface area contributed by atoms with Crippen molar-refractivity contribution in [1.29, 1.82) is 0 Å². The molecule has 9 heteroatoms. The van der Waals surface area contributed by atoms with Crippen LogP contribution in [0.25, 0.3) is 11.0 Å². The van der Waals surface area contributed by atoms with E-state index in [1.54, 1.807) is 24.9 Å². The molecule has 0 aliphatic heterocycles. The van der Waals surface area contributed by atoms with E-state index in [2.05, 4.69) is 10.3 Å². The van der Waals surface area contributed by atoms with Crippen molar-refractivity contribution in [3.63, 3.8) is 0 Å². The Bertz CT molecular complexity index is 982. The van der Waals surface area contributed by atoms with Crippen LogP contribution in [0.4, 0.5) is 0 Å². The quantitative estimate of drug-likeness (QED) is 0.556. The first-order chi connectivity index (χ1) is 14.6. The van der Waals surface area contributed by atoms with Crippen LogP contribution in [0.5, 0.6) is 0 Å². The topological polar surface area (TPSA) is 122 Å². The maximum absolute atomic E-state index is 13.2. The predicted molar refractivity (Wildman–Crippen MR) is 116 cm³/mol. The second-order valence-electron chi connectivity index (χ2n) is 8.03. The highest BCUT2D eigenvalue weighted by molar-refractivity contribution is 5.93. The number of benzene rings is 1. The summed E-state index contributed by atoms with van der Waals surface area (Å²) >= 11 is 0. The highest BCUT2D eigenvalue weighted by Crippen LogP contribution is 2.21. The number of aromatic nitrogens is 2. The summed E-state index contributed by atoms with van der Waals surface area (Å²) in [4.78, 5) is 52.2. The number of carboxylic acids is 1. The van der Waals surface area contributed by atoms with E-state index in [0.717, 1.165) is 22.2 Å². The third-order valence-electron chi connectivity index (χ3n) is 5.41. The van der Waals surface area contributed by atoms with Crippen molar-refractivity contribution in [2.45, 2.75) is 53.5 Å². The number of nitrogens with zero attached hydrogens (tertiary/aromatic N) is 3. The first-order valence-electron chi connectivity index (χ1n) is 10.3. The van der Waals surface area contributed by atoms with Crippen molar-refractivity contribution in [3.8, 4) is 0 Å². The molecule has 168 valence electrons. The number of carboxylic acid groups (broad SMARTS) is 1. The summed E-state index contributed by atoms with van der Waals surface area (Å²) in [6, 6.07) is 2.81. The maximum atomic E-state index is 13.2. The highest BCUT2D eigenvalue weighted by atomic mass is 16.4. The summed E-state index contributed by atoms with van der Waals surface area (Å²) in [7, 11) is 0. The zero-order valence-corrected chi connectivity index (χ0v) is 18.6. The normalized spacial score (nSPS) is 13.1. The number of aliphatic carboxylic acids is 1. The SMILES string of the molecule is CCN(C(=O)CC(C(=O)NC(C=O)CC(=O)O)C(C)C)n1cnc2cc(C)c(C)cc21. The van der Waals surface area contributed by atoms with E-state index in [9.17, 15) is 19.2 Å². The van der Waals surface area contributed by atoms with Crippen LogP contribution < -0.4 is 10.3 Å². The molecule has 2 N–H and O–H groups in total.